The van der Waals surface area contributed by atoms with E-state index in [0.29, 0.717) is 6.61 Å². The van der Waals surface area contributed by atoms with Gasteiger partial charge in [0.25, 0.3) is 0 Å². The van der Waals surface area contributed by atoms with Crippen LogP contribution in [-0.2, 0) is 9.53 Å². The number of ether oxygens (including phenoxy) is 1. The molecule has 0 unspecified atom stereocenters. The van der Waals surface area contributed by atoms with Gasteiger partial charge in [0.1, 0.15) is 0 Å². The summed E-state index contributed by atoms with van der Waals surface area (Å²) in [5, 5.41) is 7.32. The van der Waals surface area contributed by atoms with Crippen LogP contribution in [0.15, 0.2) is 12.2 Å². The van der Waals surface area contributed by atoms with Crippen molar-refractivity contribution in [3.8, 4) is 6.07 Å². The fourth-order valence-electron chi connectivity index (χ4n) is 1.58. The van der Waals surface area contributed by atoms with Gasteiger partial charge in [0.15, 0.2) is 0 Å². The molecule has 0 aliphatic carbocycles. The van der Waals surface area contributed by atoms with E-state index in [1.165, 1.54) is 6.92 Å². The standard InChI is InChI=1S/C11H19NO2.C2H3N/c1-10-5-7-12(8-6-10)11(13)4-3-9-14-2;1-2-3/h3-4,10H,5-9H2,1-2H3;1H3/b4-3+;. The lowest BCUT2D eigenvalue weighted by Crippen LogP contribution is -2.36. The Morgan fingerprint density at radius 1 is 1.53 bits per heavy atom. The minimum atomic E-state index is 0.119. The highest BCUT2D eigenvalue weighted by atomic mass is 16.5. The van der Waals surface area contributed by atoms with Gasteiger partial charge in [0.05, 0.1) is 12.7 Å². The van der Waals surface area contributed by atoms with Gasteiger partial charge in [0, 0.05) is 33.2 Å². The molecule has 1 fully saturated rings. The fourth-order valence-corrected chi connectivity index (χ4v) is 1.58. The third kappa shape index (κ3) is 7.53. The van der Waals surface area contributed by atoms with Crippen LogP contribution in [0, 0.1) is 17.2 Å². The molecule has 17 heavy (non-hydrogen) atoms. The number of likely N-dealkylation sites (tertiary alicyclic amines) is 1. The van der Waals surface area contributed by atoms with Crippen LogP contribution in [0.25, 0.3) is 0 Å². The first-order valence-corrected chi connectivity index (χ1v) is 5.90. The highest BCUT2D eigenvalue weighted by Gasteiger charge is 2.17. The molecule has 1 aliphatic heterocycles. The molecule has 0 bridgehead atoms. The molecule has 1 aliphatic rings. The Hall–Kier alpha value is -1.34. The summed E-state index contributed by atoms with van der Waals surface area (Å²) in [6.45, 7) is 5.98. The Morgan fingerprint density at radius 2 is 2.06 bits per heavy atom. The largest absolute Gasteiger partial charge is 0.381 e. The van der Waals surface area contributed by atoms with Crippen molar-refractivity contribution < 1.29 is 9.53 Å². The van der Waals surface area contributed by atoms with Gasteiger partial charge in [-0.1, -0.05) is 13.0 Å². The summed E-state index contributed by atoms with van der Waals surface area (Å²) in [5.74, 6) is 0.885. The molecule has 0 aromatic heterocycles. The molecule has 4 nitrogen and oxygen atoms in total. The van der Waals surface area contributed by atoms with Gasteiger partial charge in [-0.3, -0.25) is 4.79 Å². The predicted octanol–water partition coefficient (Wildman–Crippen LogP) is 1.98. The van der Waals surface area contributed by atoms with Crippen LogP contribution in [0.3, 0.4) is 0 Å². The van der Waals surface area contributed by atoms with Gasteiger partial charge in [-0.05, 0) is 18.8 Å². The molecule has 96 valence electrons. The molecule has 0 radical (unpaired) electrons. The molecule has 0 aromatic carbocycles. The van der Waals surface area contributed by atoms with E-state index >= 15 is 0 Å². The first kappa shape index (κ1) is 15.7. The zero-order valence-electron chi connectivity index (χ0n) is 11.0. The monoisotopic (exact) mass is 238 g/mol. The lowest BCUT2D eigenvalue weighted by Gasteiger charge is -2.29. The van der Waals surface area contributed by atoms with Crippen molar-refractivity contribution in [1.29, 1.82) is 5.26 Å². The van der Waals surface area contributed by atoms with Gasteiger partial charge in [-0.2, -0.15) is 5.26 Å². The number of nitriles is 1. The van der Waals surface area contributed by atoms with E-state index in [-0.39, 0.29) is 5.91 Å². The molecule has 1 amide bonds. The number of carbonyl (C=O) groups excluding carboxylic acids is 1. The summed E-state index contributed by atoms with van der Waals surface area (Å²) in [5.41, 5.74) is 0. The zero-order valence-corrected chi connectivity index (χ0v) is 11.0. The van der Waals surface area contributed by atoms with Crippen molar-refractivity contribution in [3.63, 3.8) is 0 Å². The number of carbonyl (C=O) groups is 1. The maximum Gasteiger partial charge on any atom is 0.246 e. The number of rotatable bonds is 3. The Bertz CT molecular complexity index is 274. The van der Waals surface area contributed by atoms with Crippen molar-refractivity contribution in [3.05, 3.63) is 12.2 Å². The third-order valence-electron chi connectivity index (χ3n) is 2.62. The van der Waals surface area contributed by atoms with Crippen molar-refractivity contribution in [1.82, 2.24) is 4.90 Å². The topological polar surface area (TPSA) is 53.3 Å². The normalized spacial score (nSPS) is 16.2. The lowest BCUT2D eigenvalue weighted by atomic mass is 9.99. The number of piperidine rings is 1. The molecule has 1 rings (SSSR count). The van der Waals surface area contributed by atoms with Crippen LogP contribution in [0.5, 0.6) is 0 Å². The van der Waals surface area contributed by atoms with E-state index in [2.05, 4.69) is 6.92 Å². The van der Waals surface area contributed by atoms with E-state index in [4.69, 9.17) is 10.00 Å². The van der Waals surface area contributed by atoms with Gasteiger partial charge in [-0.15, -0.1) is 0 Å². The van der Waals surface area contributed by atoms with E-state index in [0.717, 1.165) is 31.8 Å². The van der Waals surface area contributed by atoms with E-state index in [1.54, 1.807) is 25.3 Å². The second-order valence-corrected chi connectivity index (χ2v) is 4.09. The number of hydrogen-bond acceptors (Lipinski definition) is 3. The maximum absolute atomic E-state index is 11.6. The van der Waals surface area contributed by atoms with Crippen LogP contribution < -0.4 is 0 Å². The van der Waals surface area contributed by atoms with Crippen LogP contribution in [-0.4, -0.2) is 37.6 Å². The summed E-state index contributed by atoms with van der Waals surface area (Å²) in [7, 11) is 1.62. The van der Waals surface area contributed by atoms with E-state index in [9.17, 15) is 4.79 Å². The van der Waals surface area contributed by atoms with Crippen molar-refractivity contribution >= 4 is 5.91 Å². The van der Waals surface area contributed by atoms with Crippen molar-refractivity contribution in [2.45, 2.75) is 26.7 Å². The summed E-state index contributed by atoms with van der Waals surface area (Å²) in [6, 6.07) is 1.75. The smallest absolute Gasteiger partial charge is 0.246 e. The van der Waals surface area contributed by atoms with Gasteiger partial charge >= 0.3 is 0 Å². The third-order valence-corrected chi connectivity index (χ3v) is 2.62. The fraction of sp³-hybridized carbons (Fsp3) is 0.692. The van der Waals surface area contributed by atoms with Crippen LogP contribution in [0.2, 0.25) is 0 Å². The van der Waals surface area contributed by atoms with Crippen LogP contribution in [0.4, 0.5) is 0 Å². The Balaban J connectivity index is 0.000000770. The predicted molar refractivity (Wildman–Crippen MR) is 67.3 cm³/mol. The van der Waals surface area contributed by atoms with Crippen LogP contribution in [0.1, 0.15) is 26.7 Å². The molecular formula is C13H22N2O2. The minimum absolute atomic E-state index is 0.119. The molecule has 0 saturated carbocycles. The Labute approximate surface area is 104 Å². The molecule has 4 heteroatoms. The maximum atomic E-state index is 11.6. The second-order valence-electron chi connectivity index (χ2n) is 4.09. The lowest BCUT2D eigenvalue weighted by molar-refractivity contribution is -0.127. The Morgan fingerprint density at radius 3 is 2.53 bits per heavy atom. The SMILES string of the molecule is CC#N.COC/C=C/C(=O)N1CCC(C)CC1. The molecular weight excluding hydrogens is 216 g/mol. The van der Waals surface area contributed by atoms with Crippen molar-refractivity contribution in [2.75, 3.05) is 26.8 Å². The Kier molecular flexibility index (Phi) is 9.08. The highest BCUT2D eigenvalue weighted by Crippen LogP contribution is 2.15. The summed E-state index contributed by atoms with van der Waals surface area (Å²) >= 11 is 0. The summed E-state index contributed by atoms with van der Waals surface area (Å²) in [4.78, 5) is 13.5. The van der Waals surface area contributed by atoms with Gasteiger partial charge < -0.3 is 9.64 Å². The van der Waals surface area contributed by atoms with Gasteiger partial charge in [0.2, 0.25) is 5.91 Å². The average molecular weight is 238 g/mol. The molecule has 0 N–H and O–H groups in total. The quantitative estimate of drug-likeness (QED) is 0.706. The van der Waals surface area contributed by atoms with E-state index < -0.39 is 0 Å². The zero-order chi connectivity index (χ0) is 13.1. The highest BCUT2D eigenvalue weighted by molar-refractivity contribution is 5.87. The average Bonchev–Trinajstić information content (AvgIpc) is 2.31. The molecule has 0 aromatic rings. The first-order chi connectivity index (χ1) is 8.15. The first-order valence-electron chi connectivity index (χ1n) is 5.90. The van der Waals surface area contributed by atoms with Crippen molar-refractivity contribution in [2.24, 2.45) is 5.92 Å². The summed E-state index contributed by atoms with van der Waals surface area (Å²) in [6.07, 6.45) is 5.63. The van der Waals surface area contributed by atoms with Crippen LogP contribution >= 0.6 is 0 Å². The minimum Gasteiger partial charge on any atom is -0.381 e. The molecule has 1 heterocycles. The number of amides is 1. The van der Waals surface area contributed by atoms with Gasteiger partial charge in [-0.25, -0.2) is 0 Å². The summed E-state index contributed by atoms with van der Waals surface area (Å²) < 4.78 is 4.84. The number of nitrogens with zero attached hydrogens (tertiary/aromatic N) is 2. The second kappa shape index (κ2) is 9.86. The number of methoxy groups -OCH3 is 1. The molecule has 0 atom stereocenters. The number of hydrogen-bond donors (Lipinski definition) is 0. The molecule has 0 spiro atoms. The molecule has 1 saturated heterocycles. The van der Waals surface area contributed by atoms with E-state index in [1.807, 2.05) is 4.90 Å².